The average molecular weight is 271 g/mol. The second-order valence-corrected chi connectivity index (χ2v) is 7.02. The van der Waals surface area contributed by atoms with Crippen molar-refractivity contribution in [1.82, 2.24) is 14.7 Å². The Morgan fingerprint density at radius 2 is 2.17 bits per heavy atom. The molecule has 102 valence electrons. The molecule has 0 aliphatic heterocycles. The number of H-pyrrole nitrogens is 1. The quantitative estimate of drug-likeness (QED) is 0.858. The highest BCUT2D eigenvalue weighted by Crippen LogP contribution is 2.26. The molecule has 0 bridgehead atoms. The molecular weight excluding hydrogens is 250 g/mol. The first-order valence-electron chi connectivity index (χ1n) is 6.48. The lowest BCUT2D eigenvalue weighted by molar-refractivity contribution is 0.533. The second-order valence-electron chi connectivity index (χ2n) is 5.22. The summed E-state index contributed by atoms with van der Waals surface area (Å²) in [5.74, 6) is 1.24. The molecule has 1 aromatic rings. The first-order valence-corrected chi connectivity index (χ1v) is 8.13. The lowest BCUT2D eigenvalue weighted by Gasteiger charge is -2.14. The number of nitrogens with one attached hydrogen (secondary N) is 2. The number of aromatic amines is 1. The van der Waals surface area contributed by atoms with Gasteiger partial charge < -0.3 is 4.98 Å². The van der Waals surface area contributed by atoms with Crippen molar-refractivity contribution in [2.24, 2.45) is 5.92 Å². The van der Waals surface area contributed by atoms with E-state index in [1.165, 1.54) is 0 Å². The molecular formula is C12H21N3O2S. The van der Waals surface area contributed by atoms with Crippen LogP contribution in [-0.4, -0.2) is 24.1 Å². The lowest BCUT2D eigenvalue weighted by atomic mass is 10.1. The van der Waals surface area contributed by atoms with E-state index >= 15 is 0 Å². The van der Waals surface area contributed by atoms with E-state index in [2.05, 4.69) is 14.7 Å². The standard InChI is InChI=1S/C12H21N3O2S/c1-9-7-13-12(14-9)10(2)15-18(16,17)8-11-5-3-4-6-11/h7,10-11,15H,3-6,8H2,1-2H3,(H,13,14)/t10-/m0/s1. The van der Waals surface area contributed by atoms with Gasteiger partial charge in [0.1, 0.15) is 5.82 Å². The third-order valence-corrected chi connectivity index (χ3v) is 5.04. The van der Waals surface area contributed by atoms with Crippen LogP contribution in [-0.2, 0) is 10.0 Å². The summed E-state index contributed by atoms with van der Waals surface area (Å²) in [5, 5.41) is 0. The Hall–Kier alpha value is -0.880. The number of aromatic nitrogens is 2. The van der Waals surface area contributed by atoms with Crippen molar-refractivity contribution in [1.29, 1.82) is 0 Å². The first-order chi connectivity index (χ1) is 8.46. The van der Waals surface area contributed by atoms with Crippen LogP contribution in [0.1, 0.15) is 50.2 Å². The predicted molar refractivity (Wildman–Crippen MR) is 70.6 cm³/mol. The summed E-state index contributed by atoms with van der Waals surface area (Å²) < 4.78 is 26.7. The summed E-state index contributed by atoms with van der Waals surface area (Å²) in [6, 6.07) is -0.301. The van der Waals surface area contributed by atoms with E-state index in [-0.39, 0.29) is 11.8 Å². The van der Waals surface area contributed by atoms with Crippen LogP contribution in [0, 0.1) is 12.8 Å². The van der Waals surface area contributed by atoms with Crippen LogP contribution in [0.2, 0.25) is 0 Å². The summed E-state index contributed by atoms with van der Waals surface area (Å²) >= 11 is 0. The van der Waals surface area contributed by atoms with Crippen molar-refractivity contribution in [3.05, 3.63) is 17.7 Å². The Morgan fingerprint density at radius 1 is 1.50 bits per heavy atom. The largest absolute Gasteiger partial charge is 0.345 e. The number of rotatable bonds is 5. The average Bonchev–Trinajstić information content (AvgIpc) is 2.87. The van der Waals surface area contributed by atoms with E-state index in [1.807, 2.05) is 13.8 Å². The van der Waals surface area contributed by atoms with E-state index < -0.39 is 10.0 Å². The minimum absolute atomic E-state index is 0.247. The first kappa shape index (κ1) is 13.5. The molecule has 2 rings (SSSR count). The molecule has 0 amide bonds. The molecule has 1 fully saturated rings. The Bertz CT molecular complexity index is 489. The fourth-order valence-corrected chi connectivity index (χ4v) is 4.21. The van der Waals surface area contributed by atoms with Gasteiger partial charge in [0.05, 0.1) is 11.8 Å². The Labute approximate surface area is 108 Å². The Balaban J connectivity index is 1.94. The van der Waals surface area contributed by atoms with Gasteiger partial charge in [0.2, 0.25) is 10.0 Å². The van der Waals surface area contributed by atoms with Crippen molar-refractivity contribution < 1.29 is 8.42 Å². The van der Waals surface area contributed by atoms with Gasteiger partial charge in [-0.25, -0.2) is 18.1 Å². The minimum atomic E-state index is -3.21. The van der Waals surface area contributed by atoms with E-state index in [0.717, 1.165) is 31.4 Å². The van der Waals surface area contributed by atoms with Gasteiger partial charge in [0, 0.05) is 11.9 Å². The van der Waals surface area contributed by atoms with Crippen LogP contribution in [0.25, 0.3) is 0 Å². The zero-order valence-corrected chi connectivity index (χ0v) is 11.8. The van der Waals surface area contributed by atoms with Crippen LogP contribution in [0.15, 0.2) is 6.20 Å². The van der Waals surface area contributed by atoms with Gasteiger partial charge in [-0.1, -0.05) is 12.8 Å². The molecule has 1 aliphatic rings. The van der Waals surface area contributed by atoms with Gasteiger partial charge in [0.25, 0.3) is 0 Å². The Kier molecular flexibility index (Phi) is 4.07. The molecule has 5 nitrogen and oxygen atoms in total. The zero-order chi connectivity index (χ0) is 13.2. The van der Waals surface area contributed by atoms with E-state index in [0.29, 0.717) is 11.7 Å². The molecule has 0 unspecified atom stereocenters. The predicted octanol–water partition coefficient (Wildman–Crippen LogP) is 1.89. The number of aryl methyl sites for hydroxylation is 1. The van der Waals surface area contributed by atoms with Gasteiger partial charge in [-0.15, -0.1) is 0 Å². The molecule has 0 aromatic carbocycles. The summed E-state index contributed by atoms with van der Waals surface area (Å²) in [6.45, 7) is 3.71. The summed E-state index contributed by atoms with van der Waals surface area (Å²) in [4.78, 5) is 7.20. The molecule has 1 aliphatic carbocycles. The van der Waals surface area contributed by atoms with Gasteiger partial charge in [-0.2, -0.15) is 0 Å². The van der Waals surface area contributed by atoms with E-state index in [1.54, 1.807) is 6.20 Å². The van der Waals surface area contributed by atoms with Crippen LogP contribution in [0.4, 0.5) is 0 Å². The van der Waals surface area contributed by atoms with Crippen molar-refractivity contribution in [2.75, 3.05) is 5.75 Å². The summed E-state index contributed by atoms with van der Waals surface area (Å²) in [7, 11) is -3.21. The van der Waals surface area contributed by atoms with Crippen molar-refractivity contribution in [3.8, 4) is 0 Å². The fraction of sp³-hybridized carbons (Fsp3) is 0.750. The third-order valence-electron chi connectivity index (χ3n) is 3.42. The molecule has 0 saturated heterocycles. The highest BCUT2D eigenvalue weighted by molar-refractivity contribution is 7.89. The van der Waals surface area contributed by atoms with Gasteiger partial charge >= 0.3 is 0 Å². The van der Waals surface area contributed by atoms with Crippen LogP contribution in [0.3, 0.4) is 0 Å². The molecule has 18 heavy (non-hydrogen) atoms. The third kappa shape index (κ3) is 3.55. The molecule has 1 aromatic heterocycles. The maximum absolute atomic E-state index is 12.0. The monoisotopic (exact) mass is 271 g/mol. The molecule has 0 spiro atoms. The summed E-state index contributed by atoms with van der Waals surface area (Å²) in [5.41, 5.74) is 0.937. The van der Waals surface area contributed by atoms with E-state index in [4.69, 9.17) is 0 Å². The molecule has 2 N–H and O–H groups in total. The van der Waals surface area contributed by atoms with E-state index in [9.17, 15) is 8.42 Å². The number of hydrogen-bond donors (Lipinski definition) is 2. The van der Waals surface area contributed by atoms with Crippen LogP contribution in [0.5, 0.6) is 0 Å². The molecule has 6 heteroatoms. The van der Waals surface area contributed by atoms with Crippen molar-refractivity contribution in [3.63, 3.8) is 0 Å². The fourth-order valence-electron chi connectivity index (χ4n) is 2.51. The lowest BCUT2D eigenvalue weighted by Crippen LogP contribution is -2.32. The molecule has 1 saturated carbocycles. The number of nitrogens with zero attached hydrogens (tertiary/aromatic N) is 1. The van der Waals surface area contributed by atoms with Crippen LogP contribution >= 0.6 is 0 Å². The Morgan fingerprint density at radius 3 is 2.72 bits per heavy atom. The highest BCUT2D eigenvalue weighted by atomic mass is 32.2. The van der Waals surface area contributed by atoms with Crippen molar-refractivity contribution >= 4 is 10.0 Å². The second kappa shape index (κ2) is 5.40. The topological polar surface area (TPSA) is 74.8 Å². The molecule has 0 radical (unpaired) electrons. The number of imidazole rings is 1. The van der Waals surface area contributed by atoms with Gasteiger partial charge in [-0.3, -0.25) is 0 Å². The van der Waals surface area contributed by atoms with Crippen molar-refractivity contribution in [2.45, 2.75) is 45.6 Å². The minimum Gasteiger partial charge on any atom is -0.345 e. The highest BCUT2D eigenvalue weighted by Gasteiger charge is 2.24. The molecule has 1 atom stereocenters. The van der Waals surface area contributed by atoms with Crippen LogP contribution < -0.4 is 4.72 Å². The zero-order valence-electron chi connectivity index (χ0n) is 10.9. The molecule has 1 heterocycles. The van der Waals surface area contributed by atoms with Gasteiger partial charge in [-0.05, 0) is 32.6 Å². The maximum atomic E-state index is 12.0. The van der Waals surface area contributed by atoms with Gasteiger partial charge in [0.15, 0.2) is 0 Å². The number of hydrogen-bond acceptors (Lipinski definition) is 3. The number of sulfonamides is 1. The SMILES string of the molecule is Cc1cnc([C@H](C)NS(=O)(=O)CC2CCCC2)[nH]1. The maximum Gasteiger partial charge on any atom is 0.212 e. The smallest absolute Gasteiger partial charge is 0.212 e. The normalized spacial score (nSPS) is 19.2. The summed E-state index contributed by atoms with van der Waals surface area (Å²) in [6.07, 6.45) is 6.10.